The number of benzene rings is 1. The Morgan fingerprint density at radius 1 is 1.12 bits per heavy atom. The summed E-state index contributed by atoms with van der Waals surface area (Å²) in [5.41, 5.74) is 0.344. The highest BCUT2D eigenvalue weighted by Crippen LogP contribution is 2.23. The summed E-state index contributed by atoms with van der Waals surface area (Å²) in [6.07, 6.45) is -4.76. The van der Waals surface area contributed by atoms with E-state index in [1.165, 1.54) is 12.1 Å². The normalized spacial score (nSPS) is 12.6. The Hall–Kier alpha value is -2.29. The fourth-order valence-electron chi connectivity index (χ4n) is 1.94. The smallest absolute Gasteiger partial charge is 0.406 e. The van der Waals surface area contributed by atoms with Gasteiger partial charge in [0.1, 0.15) is 5.75 Å². The summed E-state index contributed by atoms with van der Waals surface area (Å²) >= 11 is 0. The highest BCUT2D eigenvalue weighted by atomic mass is 19.4. The molecule has 1 unspecified atom stereocenters. The second-order valence-corrected chi connectivity index (χ2v) is 6.13. The summed E-state index contributed by atoms with van der Waals surface area (Å²) in [4.78, 5) is 24.3. The number of anilines is 1. The highest BCUT2D eigenvalue weighted by Gasteiger charge is 2.31. The summed E-state index contributed by atoms with van der Waals surface area (Å²) in [6.45, 7) is 4.74. The lowest BCUT2D eigenvalue weighted by atomic mass is 10.2. The van der Waals surface area contributed by atoms with Crippen molar-refractivity contribution in [3.63, 3.8) is 0 Å². The van der Waals surface area contributed by atoms with E-state index >= 15 is 0 Å². The number of rotatable bonds is 8. The van der Waals surface area contributed by atoms with E-state index in [2.05, 4.69) is 15.4 Å². The van der Waals surface area contributed by atoms with Crippen LogP contribution in [0.2, 0.25) is 0 Å². The van der Waals surface area contributed by atoms with Gasteiger partial charge in [-0.3, -0.25) is 9.59 Å². The minimum absolute atomic E-state index is 0.0515. The van der Waals surface area contributed by atoms with Gasteiger partial charge in [-0.05, 0) is 30.2 Å². The zero-order valence-corrected chi connectivity index (χ0v) is 14.4. The molecule has 0 bridgehead atoms. The second kappa shape index (κ2) is 9.26. The van der Waals surface area contributed by atoms with Crippen molar-refractivity contribution in [1.82, 2.24) is 5.32 Å². The molecule has 0 heterocycles. The average molecular weight is 362 g/mol. The number of hydrogen-bond donors (Lipinski definition) is 3. The first-order valence-corrected chi connectivity index (χ1v) is 7.79. The number of nitrogens with one attached hydrogen (secondary N) is 3. The Balaban J connectivity index is 2.41. The third-order valence-electron chi connectivity index (χ3n) is 3.00. The van der Waals surface area contributed by atoms with Crippen LogP contribution < -0.4 is 20.3 Å². The van der Waals surface area contributed by atoms with Gasteiger partial charge in [0.2, 0.25) is 0 Å². The molecule has 0 fully saturated rings. The quantitative estimate of drug-likeness (QED) is 0.641. The van der Waals surface area contributed by atoms with Gasteiger partial charge < -0.3 is 20.3 Å². The molecule has 1 atom stereocenters. The lowest BCUT2D eigenvalue weighted by Gasteiger charge is -2.14. The fourth-order valence-corrected chi connectivity index (χ4v) is 1.94. The molecule has 0 aromatic heterocycles. The second-order valence-electron chi connectivity index (χ2n) is 6.13. The topological polar surface area (TPSA) is 71.9 Å². The van der Waals surface area contributed by atoms with E-state index in [4.69, 9.17) is 0 Å². The number of hydrogen-bond acceptors (Lipinski definition) is 3. The molecule has 25 heavy (non-hydrogen) atoms. The molecule has 0 aliphatic rings. The van der Waals surface area contributed by atoms with Gasteiger partial charge in [-0.2, -0.15) is 0 Å². The summed E-state index contributed by atoms with van der Waals surface area (Å²) in [7, 11) is 1.70. The molecule has 9 heteroatoms. The number of likely N-dealkylation sites (N-methyl/N-ethyl adjacent to an activating group) is 1. The van der Waals surface area contributed by atoms with Crippen LogP contribution in [0, 0.1) is 5.92 Å². The van der Waals surface area contributed by atoms with Crippen molar-refractivity contribution >= 4 is 17.5 Å². The highest BCUT2D eigenvalue weighted by molar-refractivity contribution is 5.91. The minimum Gasteiger partial charge on any atom is -0.406 e. The third-order valence-corrected chi connectivity index (χ3v) is 3.00. The molecule has 0 radical (unpaired) electrons. The molecule has 0 saturated heterocycles. The molecular formula is C16H23F3N3O3+. The average Bonchev–Trinajstić information content (AvgIpc) is 2.45. The van der Waals surface area contributed by atoms with Crippen LogP contribution in [0.5, 0.6) is 5.75 Å². The van der Waals surface area contributed by atoms with Crippen LogP contribution in [0.15, 0.2) is 24.3 Å². The Morgan fingerprint density at radius 3 is 2.20 bits per heavy atom. The van der Waals surface area contributed by atoms with E-state index in [1.54, 1.807) is 7.05 Å². The summed E-state index contributed by atoms with van der Waals surface area (Å²) in [6, 6.07) is 4.84. The maximum Gasteiger partial charge on any atom is 0.573 e. The molecular weight excluding hydrogens is 339 g/mol. The van der Waals surface area contributed by atoms with Crippen molar-refractivity contribution in [3.05, 3.63) is 24.3 Å². The van der Waals surface area contributed by atoms with Crippen LogP contribution >= 0.6 is 0 Å². The summed E-state index contributed by atoms with van der Waals surface area (Å²) in [5.74, 6) is -0.516. The van der Waals surface area contributed by atoms with Crippen molar-refractivity contribution in [3.8, 4) is 5.75 Å². The van der Waals surface area contributed by atoms with Gasteiger partial charge in [-0.15, -0.1) is 13.2 Å². The number of halogens is 3. The van der Waals surface area contributed by atoms with E-state index in [9.17, 15) is 22.8 Å². The van der Waals surface area contributed by atoms with E-state index in [0.29, 0.717) is 23.0 Å². The molecule has 1 aromatic carbocycles. The van der Waals surface area contributed by atoms with Crippen LogP contribution in [0.3, 0.4) is 0 Å². The number of alkyl halides is 3. The maximum absolute atomic E-state index is 12.1. The molecule has 0 saturated carbocycles. The summed E-state index contributed by atoms with van der Waals surface area (Å²) in [5, 5.41) is 5.32. The fraction of sp³-hybridized carbons (Fsp3) is 0.500. The molecule has 0 aliphatic carbocycles. The van der Waals surface area contributed by atoms with Gasteiger partial charge >= 0.3 is 6.36 Å². The van der Waals surface area contributed by atoms with Crippen LogP contribution in [-0.2, 0) is 9.59 Å². The minimum atomic E-state index is -4.76. The van der Waals surface area contributed by atoms with E-state index < -0.39 is 6.36 Å². The number of carbonyl (C=O) groups is 2. The standard InChI is InChI=1S/C16H22F3N3O3/c1-11(2)8-20-14(23)9-22(3)10-15(24)21-12-4-6-13(7-5-12)25-16(17,18)19/h4-7,11H,8-10H2,1-3H3,(H,20,23)(H,21,24)/p+1. The lowest BCUT2D eigenvalue weighted by molar-refractivity contribution is -0.862. The zero-order chi connectivity index (χ0) is 19.0. The number of carbonyl (C=O) groups excluding carboxylic acids is 2. The van der Waals surface area contributed by atoms with Gasteiger partial charge in [0.15, 0.2) is 13.1 Å². The molecule has 2 amide bonds. The maximum atomic E-state index is 12.1. The Morgan fingerprint density at radius 2 is 1.68 bits per heavy atom. The first kappa shape index (κ1) is 20.8. The van der Waals surface area contributed by atoms with Crippen molar-refractivity contribution in [2.45, 2.75) is 20.2 Å². The first-order chi connectivity index (χ1) is 11.5. The monoisotopic (exact) mass is 362 g/mol. The molecule has 3 N–H and O–H groups in total. The first-order valence-electron chi connectivity index (χ1n) is 7.79. The molecule has 6 nitrogen and oxygen atoms in total. The van der Waals surface area contributed by atoms with Gasteiger partial charge in [-0.25, -0.2) is 0 Å². The Kier molecular flexibility index (Phi) is 7.69. The predicted molar refractivity (Wildman–Crippen MR) is 86.2 cm³/mol. The molecule has 1 aromatic rings. The van der Waals surface area contributed by atoms with Crippen molar-refractivity contribution < 1.29 is 32.4 Å². The zero-order valence-electron chi connectivity index (χ0n) is 14.4. The number of quaternary nitrogens is 1. The largest absolute Gasteiger partial charge is 0.573 e. The molecule has 1 rings (SSSR count). The molecule has 0 spiro atoms. The van der Waals surface area contributed by atoms with Crippen molar-refractivity contribution in [1.29, 1.82) is 0 Å². The number of ether oxygens (including phenoxy) is 1. The third kappa shape index (κ3) is 9.55. The van der Waals surface area contributed by atoms with Crippen molar-refractivity contribution in [2.75, 3.05) is 32.0 Å². The van der Waals surface area contributed by atoms with Gasteiger partial charge in [0, 0.05) is 12.2 Å². The SMILES string of the molecule is CC(C)CNC(=O)C[NH+](C)CC(=O)Nc1ccc(OC(F)(F)F)cc1. The number of amides is 2. The molecule has 0 aliphatic heterocycles. The predicted octanol–water partition coefficient (Wildman–Crippen LogP) is 0.811. The van der Waals surface area contributed by atoms with Crippen LogP contribution in [0.25, 0.3) is 0 Å². The van der Waals surface area contributed by atoms with E-state index in [0.717, 1.165) is 12.1 Å². The Bertz CT molecular complexity index is 574. The molecule has 140 valence electrons. The van der Waals surface area contributed by atoms with Crippen molar-refractivity contribution in [2.24, 2.45) is 5.92 Å². The lowest BCUT2D eigenvalue weighted by Crippen LogP contribution is -3.11. The van der Waals surface area contributed by atoms with Gasteiger partial charge in [0.05, 0.1) is 7.05 Å². The van der Waals surface area contributed by atoms with E-state index in [-0.39, 0.29) is 30.7 Å². The van der Waals surface area contributed by atoms with Gasteiger partial charge in [0.25, 0.3) is 11.8 Å². The van der Waals surface area contributed by atoms with Gasteiger partial charge in [-0.1, -0.05) is 13.8 Å². The Labute approximate surface area is 144 Å². The van der Waals surface area contributed by atoms with Crippen LogP contribution in [0.1, 0.15) is 13.8 Å². The van der Waals surface area contributed by atoms with Crippen LogP contribution in [-0.4, -0.2) is 44.9 Å². The summed E-state index contributed by atoms with van der Waals surface area (Å²) < 4.78 is 40.0. The van der Waals surface area contributed by atoms with E-state index in [1.807, 2.05) is 13.8 Å². The van der Waals surface area contributed by atoms with Crippen LogP contribution in [0.4, 0.5) is 18.9 Å².